The number of amides is 2. The molecule has 1 aromatic heterocycles. The minimum Gasteiger partial charge on any atom is -0.491 e. The first-order valence-corrected chi connectivity index (χ1v) is 9.12. The van der Waals surface area contributed by atoms with Crippen LogP contribution in [0.5, 0.6) is 5.75 Å². The van der Waals surface area contributed by atoms with Gasteiger partial charge >= 0.3 is 6.03 Å². The van der Waals surface area contributed by atoms with Gasteiger partial charge in [-0.15, -0.1) is 0 Å². The van der Waals surface area contributed by atoms with Crippen molar-refractivity contribution in [1.29, 1.82) is 0 Å². The number of anilines is 1. The standard InChI is InChI=1S/C21H26N4O2/c1-14(2)13-27-19-11-15(3)9-10-17(19)24-21(26)22-12-20-23-16-7-5-6-8-18(16)25(20)4/h5-11,14H,12-13H2,1-4H3,(H2,22,24,26). The summed E-state index contributed by atoms with van der Waals surface area (Å²) >= 11 is 0. The summed E-state index contributed by atoms with van der Waals surface area (Å²) in [7, 11) is 1.95. The first-order valence-electron chi connectivity index (χ1n) is 9.12. The molecule has 2 aromatic carbocycles. The molecule has 0 aliphatic carbocycles. The number of carbonyl (C=O) groups is 1. The summed E-state index contributed by atoms with van der Waals surface area (Å²) in [5, 5.41) is 5.74. The molecular weight excluding hydrogens is 340 g/mol. The Morgan fingerprint density at radius 1 is 1.22 bits per heavy atom. The van der Waals surface area contributed by atoms with Crippen molar-refractivity contribution in [1.82, 2.24) is 14.9 Å². The molecule has 0 fully saturated rings. The molecule has 142 valence electrons. The number of carbonyl (C=O) groups excluding carboxylic acids is 1. The quantitative estimate of drug-likeness (QED) is 0.686. The van der Waals surface area contributed by atoms with Crippen LogP contribution in [0.25, 0.3) is 11.0 Å². The molecule has 0 saturated carbocycles. The van der Waals surface area contributed by atoms with Crippen molar-refractivity contribution < 1.29 is 9.53 Å². The Bertz CT molecular complexity index is 947. The predicted molar refractivity (Wildman–Crippen MR) is 108 cm³/mol. The summed E-state index contributed by atoms with van der Waals surface area (Å²) in [4.78, 5) is 16.9. The average Bonchev–Trinajstić information content (AvgIpc) is 2.96. The number of hydrogen-bond acceptors (Lipinski definition) is 3. The summed E-state index contributed by atoms with van der Waals surface area (Å²) in [5.74, 6) is 1.89. The molecule has 6 heteroatoms. The Morgan fingerprint density at radius 2 is 2.00 bits per heavy atom. The maximum atomic E-state index is 12.4. The Balaban J connectivity index is 1.66. The lowest BCUT2D eigenvalue weighted by atomic mass is 10.2. The SMILES string of the molecule is Cc1ccc(NC(=O)NCc2nc3ccccc3n2C)c(OCC(C)C)c1. The fraction of sp³-hybridized carbons (Fsp3) is 0.333. The number of urea groups is 1. The van der Waals surface area contributed by atoms with E-state index in [0.717, 1.165) is 22.4 Å². The lowest BCUT2D eigenvalue weighted by Gasteiger charge is -2.15. The van der Waals surface area contributed by atoms with Gasteiger partial charge in [-0.2, -0.15) is 0 Å². The van der Waals surface area contributed by atoms with E-state index in [9.17, 15) is 4.79 Å². The first kappa shape index (κ1) is 18.8. The summed E-state index contributed by atoms with van der Waals surface area (Å²) in [6.45, 7) is 7.11. The molecule has 3 aromatic rings. The molecule has 2 amide bonds. The molecule has 0 saturated heterocycles. The van der Waals surface area contributed by atoms with E-state index in [-0.39, 0.29) is 6.03 Å². The molecule has 0 bridgehead atoms. The van der Waals surface area contributed by atoms with E-state index in [4.69, 9.17) is 4.74 Å². The van der Waals surface area contributed by atoms with E-state index in [1.807, 2.05) is 61.0 Å². The van der Waals surface area contributed by atoms with Crippen LogP contribution >= 0.6 is 0 Å². The minimum absolute atomic E-state index is 0.291. The van der Waals surface area contributed by atoms with Crippen LogP contribution in [0.15, 0.2) is 42.5 Å². The number of rotatable bonds is 6. The lowest BCUT2D eigenvalue weighted by molar-refractivity contribution is 0.250. The molecule has 1 heterocycles. The Kier molecular flexibility index (Phi) is 5.64. The maximum Gasteiger partial charge on any atom is 0.319 e. The van der Waals surface area contributed by atoms with Crippen molar-refractivity contribution in [2.45, 2.75) is 27.3 Å². The fourth-order valence-corrected chi connectivity index (χ4v) is 2.79. The van der Waals surface area contributed by atoms with Gasteiger partial charge in [0.25, 0.3) is 0 Å². The van der Waals surface area contributed by atoms with E-state index in [2.05, 4.69) is 29.5 Å². The van der Waals surface area contributed by atoms with Gasteiger partial charge in [0.05, 0.1) is 29.9 Å². The highest BCUT2D eigenvalue weighted by Gasteiger charge is 2.11. The second kappa shape index (κ2) is 8.12. The van der Waals surface area contributed by atoms with Gasteiger partial charge in [-0.25, -0.2) is 9.78 Å². The van der Waals surface area contributed by atoms with Crippen LogP contribution in [0.3, 0.4) is 0 Å². The molecule has 6 nitrogen and oxygen atoms in total. The van der Waals surface area contributed by atoms with Gasteiger partial charge in [-0.1, -0.05) is 32.0 Å². The van der Waals surface area contributed by atoms with Crippen molar-refractivity contribution in [2.24, 2.45) is 13.0 Å². The van der Waals surface area contributed by atoms with Crippen molar-refractivity contribution in [3.05, 3.63) is 53.9 Å². The van der Waals surface area contributed by atoms with Crippen molar-refractivity contribution in [2.75, 3.05) is 11.9 Å². The highest BCUT2D eigenvalue weighted by atomic mass is 16.5. The number of benzene rings is 2. The van der Waals surface area contributed by atoms with Gasteiger partial charge in [0.1, 0.15) is 11.6 Å². The molecule has 0 radical (unpaired) electrons. The maximum absolute atomic E-state index is 12.4. The van der Waals surface area contributed by atoms with Gasteiger partial charge in [0.15, 0.2) is 0 Å². The third-order valence-electron chi connectivity index (χ3n) is 4.24. The molecule has 0 atom stereocenters. The van der Waals surface area contributed by atoms with Crippen molar-refractivity contribution in [3.63, 3.8) is 0 Å². The molecular formula is C21H26N4O2. The van der Waals surface area contributed by atoms with Crippen molar-refractivity contribution >= 4 is 22.8 Å². The molecule has 2 N–H and O–H groups in total. The number of aryl methyl sites for hydroxylation is 2. The molecule has 0 unspecified atom stereocenters. The topological polar surface area (TPSA) is 68.2 Å². The van der Waals surface area contributed by atoms with E-state index >= 15 is 0 Å². The predicted octanol–water partition coefficient (Wildman–Crippen LogP) is 4.24. The van der Waals surface area contributed by atoms with Crippen LogP contribution < -0.4 is 15.4 Å². The van der Waals surface area contributed by atoms with Crippen LogP contribution in [0.1, 0.15) is 25.2 Å². The van der Waals surface area contributed by atoms with Gasteiger partial charge in [-0.3, -0.25) is 0 Å². The minimum atomic E-state index is -0.291. The number of nitrogens with zero attached hydrogens (tertiary/aromatic N) is 2. The fourth-order valence-electron chi connectivity index (χ4n) is 2.79. The summed E-state index contributed by atoms with van der Waals surface area (Å²) in [6, 6.07) is 13.4. The Hall–Kier alpha value is -3.02. The van der Waals surface area contributed by atoms with Crippen LogP contribution in [0.2, 0.25) is 0 Å². The molecule has 0 spiro atoms. The van der Waals surface area contributed by atoms with Crippen molar-refractivity contribution in [3.8, 4) is 5.75 Å². The second-order valence-electron chi connectivity index (χ2n) is 7.09. The molecule has 0 aliphatic heterocycles. The number of nitrogens with one attached hydrogen (secondary N) is 2. The number of imidazole rings is 1. The monoisotopic (exact) mass is 366 g/mol. The molecule has 27 heavy (non-hydrogen) atoms. The van der Waals surface area contributed by atoms with Crippen LogP contribution in [0.4, 0.5) is 10.5 Å². The summed E-state index contributed by atoms with van der Waals surface area (Å²) < 4.78 is 7.83. The van der Waals surface area contributed by atoms with Crippen LogP contribution in [-0.4, -0.2) is 22.2 Å². The molecule has 3 rings (SSSR count). The second-order valence-corrected chi connectivity index (χ2v) is 7.09. The summed E-state index contributed by atoms with van der Waals surface area (Å²) in [5.41, 5.74) is 3.70. The van der Waals surface area contributed by atoms with Crippen LogP contribution in [0, 0.1) is 12.8 Å². The number of hydrogen-bond donors (Lipinski definition) is 2. The third kappa shape index (κ3) is 4.58. The summed E-state index contributed by atoms with van der Waals surface area (Å²) in [6.07, 6.45) is 0. The zero-order valence-electron chi connectivity index (χ0n) is 16.2. The first-order chi connectivity index (χ1) is 12.9. The van der Waals surface area contributed by atoms with Gasteiger partial charge in [-0.05, 0) is 42.7 Å². The van der Waals surface area contributed by atoms with Gasteiger partial charge in [0, 0.05) is 7.05 Å². The number of para-hydroxylation sites is 2. The zero-order valence-corrected chi connectivity index (χ0v) is 16.2. The van der Waals surface area contributed by atoms with Gasteiger partial charge < -0.3 is 19.9 Å². The Morgan fingerprint density at radius 3 is 2.74 bits per heavy atom. The van der Waals surface area contributed by atoms with E-state index < -0.39 is 0 Å². The number of ether oxygens (including phenoxy) is 1. The lowest BCUT2D eigenvalue weighted by Crippen LogP contribution is -2.29. The molecule has 0 aliphatic rings. The van der Waals surface area contributed by atoms with E-state index in [0.29, 0.717) is 30.5 Å². The zero-order chi connectivity index (χ0) is 19.4. The Labute approximate surface area is 159 Å². The largest absolute Gasteiger partial charge is 0.491 e. The number of aromatic nitrogens is 2. The normalized spacial score (nSPS) is 11.0. The highest BCUT2D eigenvalue weighted by Crippen LogP contribution is 2.26. The van der Waals surface area contributed by atoms with E-state index in [1.54, 1.807) is 0 Å². The van der Waals surface area contributed by atoms with Crippen LogP contribution in [-0.2, 0) is 13.6 Å². The third-order valence-corrected chi connectivity index (χ3v) is 4.24. The highest BCUT2D eigenvalue weighted by molar-refractivity contribution is 5.91. The van der Waals surface area contributed by atoms with Gasteiger partial charge in [0.2, 0.25) is 0 Å². The average molecular weight is 366 g/mol. The van der Waals surface area contributed by atoms with E-state index in [1.165, 1.54) is 0 Å². The smallest absolute Gasteiger partial charge is 0.319 e. The number of fused-ring (bicyclic) bond motifs is 1.